The molecule has 2 nitrogen and oxygen atoms in total. The smallest absolute Gasteiger partial charge is 0.335 e. The van der Waals surface area contributed by atoms with Crippen molar-refractivity contribution in [3.05, 3.63) is 33.4 Å². The summed E-state index contributed by atoms with van der Waals surface area (Å²) < 4.78 is 14.2. The van der Waals surface area contributed by atoms with Gasteiger partial charge in [0.1, 0.15) is 0 Å². The van der Waals surface area contributed by atoms with E-state index in [1.165, 1.54) is 12.1 Å². The van der Waals surface area contributed by atoms with E-state index in [0.717, 1.165) is 16.0 Å². The van der Waals surface area contributed by atoms with Crippen molar-refractivity contribution in [2.45, 2.75) is 0 Å². The Morgan fingerprint density at radius 3 is 2.86 bits per heavy atom. The molecule has 0 aliphatic carbocycles. The van der Waals surface area contributed by atoms with Gasteiger partial charge in [0.25, 0.3) is 0 Å². The first-order valence-electron chi connectivity index (χ1n) is 3.70. The molecule has 1 aromatic heterocycles. The lowest BCUT2D eigenvalue weighted by Crippen LogP contribution is -1.94. The van der Waals surface area contributed by atoms with Crippen LogP contribution >= 0.6 is 27.3 Å². The average Bonchev–Trinajstić information content (AvgIpc) is 2.43. The lowest BCUT2D eigenvalue weighted by atomic mass is 10.2. The molecule has 1 aromatic carbocycles. The summed E-state index contributed by atoms with van der Waals surface area (Å²) in [6.45, 7) is 0. The molecule has 14 heavy (non-hydrogen) atoms. The summed E-state index contributed by atoms with van der Waals surface area (Å²) in [7, 11) is 0. The minimum atomic E-state index is -1.01. The molecule has 0 bridgehead atoms. The fourth-order valence-electron chi connectivity index (χ4n) is 1.17. The minimum absolute atomic E-state index is 0.163. The third kappa shape index (κ3) is 1.42. The first-order chi connectivity index (χ1) is 6.59. The molecule has 0 aliphatic heterocycles. The van der Waals surface area contributed by atoms with Gasteiger partial charge in [0, 0.05) is 10.1 Å². The monoisotopic (exact) mass is 274 g/mol. The van der Waals surface area contributed by atoms with E-state index in [9.17, 15) is 9.18 Å². The molecule has 0 saturated carbocycles. The Morgan fingerprint density at radius 1 is 1.50 bits per heavy atom. The van der Waals surface area contributed by atoms with Crippen molar-refractivity contribution in [1.29, 1.82) is 0 Å². The first-order valence-corrected chi connectivity index (χ1v) is 5.31. The zero-order valence-corrected chi connectivity index (χ0v) is 9.15. The van der Waals surface area contributed by atoms with E-state index in [0.29, 0.717) is 9.86 Å². The number of carbonyl (C=O) groups is 1. The number of aromatic carboxylic acids is 1. The van der Waals surface area contributed by atoms with E-state index in [2.05, 4.69) is 15.9 Å². The number of halogens is 2. The van der Waals surface area contributed by atoms with Gasteiger partial charge in [0.15, 0.2) is 5.13 Å². The molecule has 1 N–H and O–H groups in total. The highest BCUT2D eigenvalue weighted by molar-refractivity contribution is 9.10. The first kappa shape index (κ1) is 9.61. The van der Waals surface area contributed by atoms with Crippen molar-refractivity contribution >= 4 is 43.3 Å². The molecular weight excluding hydrogens is 271 g/mol. The highest BCUT2D eigenvalue weighted by atomic mass is 79.9. The largest absolute Gasteiger partial charge is 0.478 e. The molecular formula is C9H4BrFO2S. The van der Waals surface area contributed by atoms with Gasteiger partial charge in [-0.1, -0.05) is 0 Å². The maximum atomic E-state index is 13.1. The molecule has 0 saturated heterocycles. The number of benzene rings is 1. The van der Waals surface area contributed by atoms with E-state index < -0.39 is 5.97 Å². The number of carboxylic acid groups (broad SMARTS) is 1. The van der Waals surface area contributed by atoms with Crippen LogP contribution in [-0.2, 0) is 0 Å². The molecule has 2 rings (SSSR count). The van der Waals surface area contributed by atoms with Crippen molar-refractivity contribution in [3.8, 4) is 0 Å². The van der Waals surface area contributed by atoms with Crippen LogP contribution in [0.5, 0.6) is 0 Å². The Balaban J connectivity index is 2.76. The van der Waals surface area contributed by atoms with E-state index in [1.54, 1.807) is 6.07 Å². The zero-order chi connectivity index (χ0) is 10.3. The maximum Gasteiger partial charge on any atom is 0.335 e. The van der Waals surface area contributed by atoms with Gasteiger partial charge in [-0.05, 0) is 34.1 Å². The summed E-state index contributed by atoms with van der Waals surface area (Å²) in [5.74, 6) is -1.01. The van der Waals surface area contributed by atoms with E-state index >= 15 is 0 Å². The maximum absolute atomic E-state index is 13.1. The van der Waals surface area contributed by atoms with Gasteiger partial charge in [0.05, 0.1) is 10.0 Å². The molecule has 0 spiro atoms. The Labute approximate surface area is 91.1 Å². The third-order valence-corrected chi connectivity index (χ3v) is 3.83. The normalized spacial score (nSPS) is 10.7. The fourth-order valence-corrected chi connectivity index (χ4v) is 2.67. The van der Waals surface area contributed by atoms with Crippen LogP contribution in [0, 0.1) is 5.13 Å². The van der Waals surface area contributed by atoms with E-state index in [1.807, 2.05) is 0 Å². The standard InChI is InChI=1S/C9H4BrFO2S/c10-7-5-3-4(9(12)13)1-2-6(5)14-8(7)11/h1-3H,(H,12,13). The van der Waals surface area contributed by atoms with Crippen LogP contribution < -0.4 is 0 Å². The van der Waals surface area contributed by atoms with Crippen molar-refractivity contribution < 1.29 is 14.3 Å². The summed E-state index contributed by atoms with van der Waals surface area (Å²) >= 11 is 4.07. The Bertz CT molecular complexity index is 521. The van der Waals surface area contributed by atoms with Crippen molar-refractivity contribution in [3.63, 3.8) is 0 Å². The van der Waals surface area contributed by atoms with E-state index in [-0.39, 0.29) is 10.7 Å². The third-order valence-electron chi connectivity index (χ3n) is 1.84. The van der Waals surface area contributed by atoms with Gasteiger partial charge in [-0.15, -0.1) is 11.3 Å². The van der Waals surface area contributed by atoms with Gasteiger partial charge in [-0.25, -0.2) is 4.79 Å². The van der Waals surface area contributed by atoms with Crippen LogP contribution in [0.3, 0.4) is 0 Å². The Kier molecular flexibility index (Phi) is 2.28. The number of carboxylic acids is 1. The fraction of sp³-hybridized carbons (Fsp3) is 0. The van der Waals surface area contributed by atoms with Gasteiger partial charge in [0.2, 0.25) is 0 Å². The highest BCUT2D eigenvalue weighted by Gasteiger charge is 2.11. The van der Waals surface area contributed by atoms with Crippen LogP contribution in [0.1, 0.15) is 10.4 Å². The van der Waals surface area contributed by atoms with Gasteiger partial charge < -0.3 is 5.11 Å². The van der Waals surface area contributed by atoms with Gasteiger partial charge in [-0.2, -0.15) is 4.39 Å². The summed E-state index contributed by atoms with van der Waals surface area (Å²) in [6, 6.07) is 4.53. The van der Waals surface area contributed by atoms with Crippen molar-refractivity contribution in [2.24, 2.45) is 0 Å². The molecule has 0 radical (unpaired) electrons. The van der Waals surface area contributed by atoms with Gasteiger partial charge >= 0.3 is 5.97 Å². The zero-order valence-electron chi connectivity index (χ0n) is 6.75. The number of thiophene rings is 1. The van der Waals surface area contributed by atoms with Crippen molar-refractivity contribution in [1.82, 2.24) is 0 Å². The predicted molar refractivity (Wildman–Crippen MR) is 56.4 cm³/mol. The second-order valence-corrected chi connectivity index (χ2v) is 4.50. The van der Waals surface area contributed by atoms with Crippen molar-refractivity contribution in [2.75, 3.05) is 0 Å². The molecule has 0 atom stereocenters. The minimum Gasteiger partial charge on any atom is -0.478 e. The van der Waals surface area contributed by atoms with Crippen LogP contribution in [0.25, 0.3) is 10.1 Å². The number of fused-ring (bicyclic) bond motifs is 1. The Morgan fingerprint density at radius 2 is 2.21 bits per heavy atom. The second-order valence-electron chi connectivity index (χ2n) is 2.71. The quantitative estimate of drug-likeness (QED) is 0.864. The predicted octanol–water partition coefficient (Wildman–Crippen LogP) is 3.50. The SMILES string of the molecule is O=C(O)c1ccc2sc(F)c(Br)c2c1. The molecule has 2 aromatic rings. The van der Waals surface area contributed by atoms with Crippen LogP contribution in [0.15, 0.2) is 22.7 Å². The lowest BCUT2D eigenvalue weighted by Gasteiger charge is -1.94. The highest BCUT2D eigenvalue weighted by Crippen LogP contribution is 2.34. The average molecular weight is 275 g/mol. The molecule has 1 heterocycles. The topological polar surface area (TPSA) is 37.3 Å². The summed E-state index contributed by atoms with van der Waals surface area (Å²) in [4.78, 5) is 10.7. The van der Waals surface area contributed by atoms with Crippen LogP contribution in [-0.4, -0.2) is 11.1 Å². The summed E-state index contributed by atoms with van der Waals surface area (Å²) in [5.41, 5.74) is 0.163. The lowest BCUT2D eigenvalue weighted by molar-refractivity contribution is 0.0697. The molecule has 0 unspecified atom stereocenters. The summed E-state index contributed by atoms with van der Waals surface area (Å²) in [5, 5.41) is 9.01. The molecule has 72 valence electrons. The number of hydrogen-bond acceptors (Lipinski definition) is 2. The number of hydrogen-bond donors (Lipinski definition) is 1. The molecule has 5 heteroatoms. The van der Waals surface area contributed by atoms with Gasteiger partial charge in [-0.3, -0.25) is 0 Å². The van der Waals surface area contributed by atoms with E-state index in [4.69, 9.17) is 5.11 Å². The van der Waals surface area contributed by atoms with Crippen LogP contribution in [0.4, 0.5) is 4.39 Å². The van der Waals surface area contributed by atoms with Crippen LogP contribution in [0.2, 0.25) is 0 Å². The molecule has 0 fully saturated rings. The Hall–Kier alpha value is -0.940. The second kappa shape index (κ2) is 3.33. The molecule has 0 aliphatic rings. The molecule has 0 amide bonds. The summed E-state index contributed by atoms with van der Waals surface area (Å²) in [6.07, 6.45) is 0. The number of rotatable bonds is 1.